The predicted octanol–water partition coefficient (Wildman–Crippen LogP) is -1.61. The van der Waals surface area contributed by atoms with E-state index in [-0.39, 0.29) is 48.2 Å². The first-order valence-corrected chi connectivity index (χ1v) is 13.5. The van der Waals surface area contributed by atoms with Crippen LogP contribution in [0.4, 0.5) is 17.2 Å². The van der Waals surface area contributed by atoms with E-state index in [2.05, 4.69) is 36.3 Å². The van der Waals surface area contributed by atoms with Crippen molar-refractivity contribution in [3.05, 3.63) is 35.8 Å². The van der Waals surface area contributed by atoms with Crippen molar-refractivity contribution in [2.45, 2.75) is 24.6 Å². The molecular formula is C25H34B3N9O5. The molecule has 17 heteroatoms. The maximum atomic E-state index is 13.1. The zero-order valence-corrected chi connectivity index (χ0v) is 24.9. The molecule has 14 nitrogen and oxygen atoms in total. The van der Waals surface area contributed by atoms with Gasteiger partial charge in [0.2, 0.25) is 11.8 Å². The number of anilines is 3. The molecule has 4 rings (SSSR count). The highest BCUT2D eigenvalue weighted by Gasteiger charge is 2.30. The first kappa shape index (κ1) is 30.6. The lowest BCUT2D eigenvalue weighted by atomic mass is 9.49. The minimum atomic E-state index is -0.521. The van der Waals surface area contributed by atoms with Gasteiger partial charge in [0.05, 0.1) is 37.1 Å². The Labute approximate surface area is 246 Å². The van der Waals surface area contributed by atoms with Crippen LogP contribution in [0.3, 0.4) is 0 Å². The lowest BCUT2D eigenvalue weighted by Crippen LogP contribution is -2.50. The molecule has 2 heterocycles. The molecule has 0 radical (unpaired) electrons. The van der Waals surface area contributed by atoms with Crippen LogP contribution in [-0.2, 0) is 16.1 Å². The molecule has 1 aliphatic carbocycles. The number of para-hydroxylation sites is 1. The second kappa shape index (κ2) is 12.6. The van der Waals surface area contributed by atoms with Gasteiger partial charge in [0.15, 0.2) is 23.1 Å². The van der Waals surface area contributed by atoms with Crippen LogP contribution >= 0.6 is 0 Å². The zero-order chi connectivity index (χ0) is 30.6. The van der Waals surface area contributed by atoms with Crippen molar-refractivity contribution in [2.75, 3.05) is 45.4 Å². The van der Waals surface area contributed by atoms with E-state index >= 15 is 0 Å². The van der Waals surface area contributed by atoms with E-state index in [1.807, 2.05) is 37.6 Å². The number of hydrogen-bond acceptors (Lipinski definition) is 11. The number of nitrogens with zero attached hydrogens (tertiary/aromatic N) is 6. The average molecular weight is 573 g/mol. The fraction of sp³-hybridized carbons (Fsp3) is 0.400. The Hall–Kier alpha value is -4.40. The molecule has 0 saturated heterocycles. The van der Waals surface area contributed by atoms with E-state index in [0.29, 0.717) is 28.5 Å². The third kappa shape index (κ3) is 7.87. The van der Waals surface area contributed by atoms with Crippen LogP contribution < -0.4 is 20.7 Å². The lowest BCUT2D eigenvalue weighted by molar-refractivity contribution is -0.131. The van der Waals surface area contributed by atoms with Crippen LogP contribution in [0.1, 0.15) is 29.2 Å². The standard InChI is InChI=1S/C25H34B3N9O5/c1-36(2)12-19(38)37(3)11-18-31-24(42-35-18)14-6-5-7-15(21(14)41-4)29-16-10-17(30-22(39)13-8-9-13)33-34-20(16)23(40)32-25(26,27)28/h5-7,10,13H,8-9,11-12,26-28H2,1-4H3,(H,32,40)(H2,29,30,33,39). The number of benzene rings is 1. The third-order valence-corrected chi connectivity index (χ3v) is 6.14. The van der Waals surface area contributed by atoms with Crippen molar-refractivity contribution < 1.29 is 23.6 Å². The van der Waals surface area contributed by atoms with Gasteiger partial charge in [-0.15, -0.1) is 10.2 Å². The van der Waals surface area contributed by atoms with Crippen LogP contribution in [0.5, 0.6) is 5.75 Å². The number of methoxy groups -OCH3 is 1. The molecule has 0 spiro atoms. The molecule has 2 aromatic heterocycles. The Morgan fingerprint density at radius 3 is 2.50 bits per heavy atom. The number of rotatable bonds is 12. The molecule has 1 aliphatic rings. The largest absolute Gasteiger partial charge is 0.494 e. The van der Waals surface area contributed by atoms with Crippen LogP contribution in [0.25, 0.3) is 11.5 Å². The SMILES string of the molecule is BC(B)(B)NC(=O)c1nnc(NC(=O)C2CC2)cc1Nc1cccc(-c2nc(CN(C)C(=O)CN(C)C)no2)c1OC. The monoisotopic (exact) mass is 573 g/mol. The maximum Gasteiger partial charge on any atom is 0.272 e. The highest BCUT2D eigenvalue weighted by atomic mass is 16.5. The topological polar surface area (TPSA) is 168 Å². The van der Waals surface area contributed by atoms with Gasteiger partial charge in [-0.2, -0.15) is 4.98 Å². The van der Waals surface area contributed by atoms with Crippen LogP contribution in [0, 0.1) is 5.92 Å². The Bertz CT molecular complexity index is 1470. The average Bonchev–Trinajstić information content (AvgIpc) is 3.66. The van der Waals surface area contributed by atoms with E-state index in [1.165, 1.54) is 12.0 Å². The Kier molecular flexibility index (Phi) is 9.19. The second-order valence-corrected chi connectivity index (χ2v) is 11.5. The van der Waals surface area contributed by atoms with Crippen molar-refractivity contribution in [2.24, 2.45) is 5.92 Å². The summed E-state index contributed by atoms with van der Waals surface area (Å²) >= 11 is 0. The lowest BCUT2D eigenvalue weighted by Gasteiger charge is -2.21. The smallest absolute Gasteiger partial charge is 0.272 e. The molecule has 42 heavy (non-hydrogen) atoms. The summed E-state index contributed by atoms with van der Waals surface area (Å²) in [4.78, 5) is 45.6. The van der Waals surface area contributed by atoms with Crippen LogP contribution in [-0.4, -0.2) is 111 Å². The Morgan fingerprint density at radius 1 is 1.12 bits per heavy atom. The van der Waals surface area contributed by atoms with Gasteiger partial charge in [-0.05, 0) is 44.3 Å². The second-order valence-electron chi connectivity index (χ2n) is 11.5. The molecule has 218 valence electrons. The fourth-order valence-electron chi connectivity index (χ4n) is 3.98. The number of likely N-dealkylation sites (N-methyl/N-ethyl adjacent to an activating group) is 2. The van der Waals surface area contributed by atoms with Gasteiger partial charge in [-0.3, -0.25) is 14.4 Å². The summed E-state index contributed by atoms with van der Waals surface area (Å²) in [5.74, 6) is 0.406. The number of nitrogens with one attached hydrogen (secondary N) is 3. The highest BCUT2D eigenvalue weighted by molar-refractivity contribution is 6.60. The van der Waals surface area contributed by atoms with Crippen molar-refractivity contribution in [1.29, 1.82) is 0 Å². The highest BCUT2D eigenvalue weighted by Crippen LogP contribution is 2.38. The van der Waals surface area contributed by atoms with E-state index < -0.39 is 11.1 Å². The number of hydrogen-bond donors (Lipinski definition) is 3. The maximum absolute atomic E-state index is 13.1. The normalized spacial score (nSPS) is 13.0. The molecule has 0 atom stereocenters. The van der Waals surface area contributed by atoms with E-state index in [4.69, 9.17) is 9.26 Å². The molecule has 0 bridgehead atoms. The van der Waals surface area contributed by atoms with Gasteiger partial charge in [0.1, 0.15) is 23.5 Å². The van der Waals surface area contributed by atoms with E-state index in [0.717, 1.165) is 12.8 Å². The number of aromatic nitrogens is 4. The zero-order valence-electron chi connectivity index (χ0n) is 24.9. The summed E-state index contributed by atoms with van der Waals surface area (Å²) in [5.41, 5.74) is 1.31. The number of carbonyl (C=O) groups excluding carboxylic acids is 3. The molecule has 1 saturated carbocycles. The van der Waals surface area contributed by atoms with Crippen molar-refractivity contribution in [1.82, 2.24) is 35.5 Å². The van der Waals surface area contributed by atoms with Crippen LogP contribution in [0.2, 0.25) is 0 Å². The number of ether oxygens (including phenoxy) is 1. The van der Waals surface area contributed by atoms with Gasteiger partial charge in [0, 0.05) is 19.0 Å². The summed E-state index contributed by atoms with van der Waals surface area (Å²) in [5, 5.41) is 20.6. The van der Waals surface area contributed by atoms with E-state index in [9.17, 15) is 14.4 Å². The summed E-state index contributed by atoms with van der Waals surface area (Å²) in [6.07, 6.45) is 1.67. The van der Waals surface area contributed by atoms with E-state index in [1.54, 1.807) is 36.2 Å². The fourth-order valence-corrected chi connectivity index (χ4v) is 3.98. The first-order valence-electron chi connectivity index (χ1n) is 13.5. The van der Waals surface area contributed by atoms with Gasteiger partial charge in [-0.1, -0.05) is 11.2 Å². The first-order chi connectivity index (χ1) is 19.8. The van der Waals surface area contributed by atoms with Crippen molar-refractivity contribution in [3.8, 4) is 17.2 Å². The molecular weight excluding hydrogens is 539 g/mol. The molecule has 1 fully saturated rings. The molecule has 1 aromatic carbocycles. The summed E-state index contributed by atoms with van der Waals surface area (Å²) < 4.78 is 11.2. The number of carbonyl (C=O) groups is 3. The van der Waals surface area contributed by atoms with Crippen LogP contribution in [0.15, 0.2) is 28.8 Å². The molecule has 3 N–H and O–H groups in total. The number of amides is 3. The molecule has 3 amide bonds. The third-order valence-electron chi connectivity index (χ3n) is 6.14. The molecule has 0 aliphatic heterocycles. The Morgan fingerprint density at radius 2 is 1.86 bits per heavy atom. The Balaban J connectivity index is 1.63. The summed E-state index contributed by atoms with van der Waals surface area (Å²) in [7, 11) is 12.4. The molecule has 3 aromatic rings. The predicted molar refractivity (Wildman–Crippen MR) is 164 cm³/mol. The minimum absolute atomic E-state index is 0.0333. The van der Waals surface area contributed by atoms with Gasteiger partial charge in [0.25, 0.3) is 11.8 Å². The molecule has 0 unspecified atom stereocenters. The van der Waals surface area contributed by atoms with Gasteiger partial charge < -0.3 is 35.0 Å². The van der Waals surface area contributed by atoms with Gasteiger partial charge in [-0.25, -0.2) is 0 Å². The van der Waals surface area contributed by atoms with Crippen molar-refractivity contribution >= 4 is 58.5 Å². The summed E-state index contributed by atoms with van der Waals surface area (Å²) in [6, 6.07) is 6.82. The minimum Gasteiger partial charge on any atom is -0.494 e. The van der Waals surface area contributed by atoms with Crippen molar-refractivity contribution in [3.63, 3.8) is 0 Å². The van der Waals surface area contributed by atoms with Gasteiger partial charge >= 0.3 is 0 Å². The quantitative estimate of drug-likeness (QED) is 0.213. The summed E-state index contributed by atoms with van der Waals surface area (Å²) in [6.45, 7) is 0.426.